The summed E-state index contributed by atoms with van der Waals surface area (Å²) in [5, 5.41) is 0. The van der Waals surface area contributed by atoms with Crippen molar-refractivity contribution in [3.63, 3.8) is 0 Å². The first kappa shape index (κ1) is 12.1. The third-order valence-corrected chi connectivity index (χ3v) is 4.42. The highest BCUT2D eigenvalue weighted by Crippen LogP contribution is 2.32. The Morgan fingerprint density at radius 2 is 1.88 bits per heavy atom. The number of rotatable bonds is 5. The van der Waals surface area contributed by atoms with Gasteiger partial charge in [0.2, 0.25) is 0 Å². The minimum Gasteiger partial charge on any atom is -0.266 e. The lowest BCUT2D eigenvalue weighted by Crippen LogP contribution is -2.07. The Hall–Kier alpha value is -0.390. The first-order valence-electron chi connectivity index (χ1n) is 5.23. The molecular formula is C11H13BrO3S. The molecular weight excluding hydrogens is 292 g/mol. The van der Waals surface area contributed by atoms with Crippen LogP contribution in [0.2, 0.25) is 0 Å². The summed E-state index contributed by atoms with van der Waals surface area (Å²) < 4.78 is 29.2. The lowest BCUT2D eigenvalue weighted by atomic mass is 10.3. The summed E-state index contributed by atoms with van der Waals surface area (Å²) in [6, 6.07) is 6.46. The van der Waals surface area contributed by atoms with Gasteiger partial charge >= 0.3 is 0 Å². The van der Waals surface area contributed by atoms with Crippen LogP contribution in [0, 0.1) is 5.92 Å². The molecule has 0 saturated heterocycles. The van der Waals surface area contributed by atoms with Crippen LogP contribution in [0.4, 0.5) is 0 Å². The van der Waals surface area contributed by atoms with Crippen molar-refractivity contribution >= 4 is 26.0 Å². The molecule has 1 saturated carbocycles. The molecule has 1 aliphatic rings. The standard InChI is InChI=1S/C11H13BrO3S/c12-10-3-5-11(6-4-10)16(13,14)15-8-7-9-1-2-9/h3-6,9H,1-2,7-8H2. The average Bonchev–Trinajstić information content (AvgIpc) is 3.02. The van der Waals surface area contributed by atoms with E-state index in [-0.39, 0.29) is 4.90 Å². The Kier molecular flexibility index (Phi) is 3.66. The van der Waals surface area contributed by atoms with E-state index in [4.69, 9.17) is 4.18 Å². The van der Waals surface area contributed by atoms with E-state index in [2.05, 4.69) is 15.9 Å². The second-order valence-electron chi connectivity index (χ2n) is 3.96. The third kappa shape index (κ3) is 3.30. The van der Waals surface area contributed by atoms with Crippen LogP contribution in [0.15, 0.2) is 33.6 Å². The zero-order valence-electron chi connectivity index (χ0n) is 8.73. The van der Waals surface area contributed by atoms with E-state index in [1.807, 2.05) is 0 Å². The highest BCUT2D eigenvalue weighted by atomic mass is 79.9. The zero-order valence-corrected chi connectivity index (χ0v) is 11.1. The van der Waals surface area contributed by atoms with Gasteiger partial charge in [-0.25, -0.2) is 0 Å². The van der Waals surface area contributed by atoms with Gasteiger partial charge in [0.1, 0.15) is 0 Å². The van der Waals surface area contributed by atoms with Gasteiger partial charge in [0.15, 0.2) is 0 Å². The summed E-state index contributed by atoms with van der Waals surface area (Å²) in [7, 11) is -3.57. The van der Waals surface area contributed by atoms with Crippen molar-refractivity contribution in [3.05, 3.63) is 28.7 Å². The molecule has 2 rings (SSSR count). The molecule has 0 spiro atoms. The molecule has 0 N–H and O–H groups in total. The summed E-state index contributed by atoms with van der Waals surface area (Å²) in [5.74, 6) is 0.681. The molecule has 1 aromatic rings. The van der Waals surface area contributed by atoms with Crippen molar-refractivity contribution in [2.75, 3.05) is 6.61 Å². The molecule has 0 heterocycles. The predicted molar refractivity (Wildman–Crippen MR) is 64.6 cm³/mol. The van der Waals surface area contributed by atoms with Gasteiger partial charge in [0, 0.05) is 4.47 Å². The minimum atomic E-state index is -3.57. The van der Waals surface area contributed by atoms with E-state index in [0.717, 1.165) is 10.9 Å². The summed E-state index contributed by atoms with van der Waals surface area (Å²) in [6.07, 6.45) is 3.26. The third-order valence-electron chi connectivity index (χ3n) is 2.56. The van der Waals surface area contributed by atoms with Crippen LogP contribution in [0.5, 0.6) is 0 Å². The number of hydrogen-bond donors (Lipinski definition) is 0. The summed E-state index contributed by atoms with van der Waals surface area (Å²) in [6.45, 7) is 0.295. The van der Waals surface area contributed by atoms with Crippen LogP contribution in [0.1, 0.15) is 19.3 Å². The first-order chi connectivity index (χ1) is 7.58. The van der Waals surface area contributed by atoms with E-state index < -0.39 is 10.1 Å². The van der Waals surface area contributed by atoms with Crippen LogP contribution >= 0.6 is 15.9 Å². The van der Waals surface area contributed by atoms with Crippen molar-refractivity contribution in [1.29, 1.82) is 0 Å². The molecule has 5 heteroatoms. The zero-order chi connectivity index (χ0) is 11.6. The van der Waals surface area contributed by atoms with E-state index in [0.29, 0.717) is 12.5 Å². The number of hydrogen-bond acceptors (Lipinski definition) is 3. The lowest BCUT2D eigenvalue weighted by Gasteiger charge is -2.05. The highest BCUT2D eigenvalue weighted by Gasteiger charge is 2.22. The molecule has 0 unspecified atom stereocenters. The van der Waals surface area contributed by atoms with Crippen LogP contribution in [-0.2, 0) is 14.3 Å². The maximum absolute atomic E-state index is 11.7. The van der Waals surface area contributed by atoms with Crippen LogP contribution in [-0.4, -0.2) is 15.0 Å². The Balaban J connectivity index is 1.97. The van der Waals surface area contributed by atoms with Crippen molar-refractivity contribution in [2.45, 2.75) is 24.2 Å². The SMILES string of the molecule is O=S(=O)(OCCC1CC1)c1ccc(Br)cc1. The van der Waals surface area contributed by atoms with Gasteiger partial charge < -0.3 is 0 Å². The summed E-state index contributed by atoms with van der Waals surface area (Å²) in [4.78, 5) is 0.214. The normalized spacial score (nSPS) is 16.3. The predicted octanol–water partition coefficient (Wildman–Crippen LogP) is 2.95. The average molecular weight is 305 g/mol. The molecule has 3 nitrogen and oxygen atoms in total. The van der Waals surface area contributed by atoms with Gasteiger partial charge in [-0.05, 0) is 36.6 Å². The molecule has 0 amide bonds. The fourth-order valence-electron chi connectivity index (χ4n) is 1.40. The molecule has 1 aliphatic carbocycles. The Bertz CT molecular complexity index is 449. The Labute approximate surface area is 104 Å². The fraction of sp³-hybridized carbons (Fsp3) is 0.455. The van der Waals surface area contributed by atoms with Crippen LogP contribution in [0.25, 0.3) is 0 Å². The molecule has 0 aliphatic heterocycles. The smallest absolute Gasteiger partial charge is 0.266 e. The van der Waals surface area contributed by atoms with Gasteiger partial charge in [-0.2, -0.15) is 8.42 Å². The van der Waals surface area contributed by atoms with Crippen LogP contribution < -0.4 is 0 Å². The van der Waals surface area contributed by atoms with Crippen LogP contribution in [0.3, 0.4) is 0 Å². The molecule has 16 heavy (non-hydrogen) atoms. The van der Waals surface area contributed by atoms with E-state index >= 15 is 0 Å². The molecule has 0 atom stereocenters. The summed E-state index contributed by atoms with van der Waals surface area (Å²) in [5.41, 5.74) is 0. The molecule has 0 aromatic heterocycles. The Morgan fingerprint density at radius 1 is 1.25 bits per heavy atom. The quantitative estimate of drug-likeness (QED) is 0.786. The van der Waals surface area contributed by atoms with E-state index in [1.54, 1.807) is 12.1 Å². The molecule has 88 valence electrons. The maximum atomic E-state index is 11.7. The fourth-order valence-corrected chi connectivity index (χ4v) is 2.59. The van der Waals surface area contributed by atoms with Crippen molar-refractivity contribution in [3.8, 4) is 0 Å². The minimum absolute atomic E-state index is 0.214. The second-order valence-corrected chi connectivity index (χ2v) is 6.49. The molecule has 0 radical (unpaired) electrons. The topological polar surface area (TPSA) is 43.4 Å². The van der Waals surface area contributed by atoms with Gasteiger partial charge in [0.05, 0.1) is 11.5 Å². The van der Waals surface area contributed by atoms with Gasteiger partial charge in [-0.3, -0.25) is 4.18 Å². The first-order valence-corrected chi connectivity index (χ1v) is 7.43. The van der Waals surface area contributed by atoms with Gasteiger partial charge in [-0.1, -0.05) is 28.8 Å². The molecule has 1 fully saturated rings. The number of halogens is 1. The summed E-state index contributed by atoms with van der Waals surface area (Å²) >= 11 is 3.26. The van der Waals surface area contributed by atoms with Gasteiger partial charge in [-0.15, -0.1) is 0 Å². The number of benzene rings is 1. The van der Waals surface area contributed by atoms with Crippen molar-refractivity contribution in [2.24, 2.45) is 5.92 Å². The highest BCUT2D eigenvalue weighted by molar-refractivity contribution is 9.10. The van der Waals surface area contributed by atoms with Crippen molar-refractivity contribution in [1.82, 2.24) is 0 Å². The monoisotopic (exact) mass is 304 g/mol. The van der Waals surface area contributed by atoms with E-state index in [1.165, 1.54) is 25.0 Å². The lowest BCUT2D eigenvalue weighted by molar-refractivity contribution is 0.304. The second kappa shape index (κ2) is 4.85. The van der Waals surface area contributed by atoms with E-state index in [9.17, 15) is 8.42 Å². The largest absolute Gasteiger partial charge is 0.296 e. The van der Waals surface area contributed by atoms with Crippen molar-refractivity contribution < 1.29 is 12.6 Å². The Morgan fingerprint density at radius 3 is 2.44 bits per heavy atom. The molecule has 1 aromatic carbocycles. The van der Waals surface area contributed by atoms with Gasteiger partial charge in [0.25, 0.3) is 10.1 Å². The molecule has 0 bridgehead atoms. The maximum Gasteiger partial charge on any atom is 0.296 e.